The molecule has 84 valence electrons. The van der Waals surface area contributed by atoms with Crippen LogP contribution in [0.5, 0.6) is 0 Å². The summed E-state index contributed by atoms with van der Waals surface area (Å²) < 4.78 is 5.29. The van der Waals surface area contributed by atoms with Gasteiger partial charge in [0.15, 0.2) is 0 Å². The maximum Gasteiger partial charge on any atom is 0.214 e. The number of nitrogens with zero attached hydrogens (tertiary/aromatic N) is 2. The molecule has 14 heavy (non-hydrogen) atoms. The molecule has 0 N–H and O–H groups in total. The first-order valence-corrected chi connectivity index (χ1v) is 13.5. The first-order chi connectivity index (χ1) is 6.27. The molecule has 0 radical (unpaired) electrons. The number of rotatable bonds is 5. The zero-order valence-electron chi connectivity index (χ0n) is 10.8. The summed E-state index contributed by atoms with van der Waals surface area (Å²) in [4.78, 5) is 0. The zero-order valence-corrected chi connectivity index (χ0v) is 14.1. The van der Waals surface area contributed by atoms with Gasteiger partial charge in [0, 0.05) is 0 Å². The highest BCUT2D eigenvalue weighted by Crippen LogP contribution is 2.17. The Balaban J connectivity index is 5.03. The summed E-state index contributed by atoms with van der Waals surface area (Å²) in [7, 11) is 1.51. The topological polar surface area (TPSA) is 6.48 Å². The average molecular weight is 247 g/mol. The van der Waals surface area contributed by atoms with E-state index in [-0.39, 0.29) is 0 Å². The second-order valence-corrected chi connectivity index (χ2v) is 15.9. The van der Waals surface area contributed by atoms with Crippen molar-refractivity contribution in [3.05, 3.63) is 12.3 Å². The Morgan fingerprint density at radius 3 is 1.50 bits per heavy atom. The van der Waals surface area contributed by atoms with Crippen LogP contribution in [0.25, 0.3) is 0 Å². The molecule has 0 heterocycles. The van der Waals surface area contributed by atoms with Gasteiger partial charge in [-0.3, -0.25) is 0 Å². The van der Waals surface area contributed by atoms with Crippen molar-refractivity contribution in [1.82, 2.24) is 8.46 Å². The zero-order chi connectivity index (χ0) is 11.5. The predicted molar refractivity (Wildman–Crippen MR) is 75.1 cm³/mol. The summed E-state index contributed by atoms with van der Waals surface area (Å²) >= 11 is 0. The minimum absolute atomic E-state index is 0.698. The van der Waals surface area contributed by atoms with Crippen LogP contribution in [0.1, 0.15) is 0 Å². The van der Waals surface area contributed by atoms with Gasteiger partial charge in [-0.05, 0) is 20.6 Å². The largest absolute Gasteiger partial charge is 0.358 e. The molecular formula is C9H26N2Si3. The molecule has 5 heteroatoms. The van der Waals surface area contributed by atoms with E-state index in [9.17, 15) is 0 Å². The molecular weight excluding hydrogens is 220 g/mol. The highest BCUT2D eigenvalue weighted by Gasteiger charge is 2.37. The minimum atomic E-state index is -1.50. The summed E-state index contributed by atoms with van der Waals surface area (Å²) in [5.41, 5.74) is 2.23. The fourth-order valence-electron chi connectivity index (χ4n) is 2.16. The van der Waals surface area contributed by atoms with Crippen molar-refractivity contribution in [2.75, 3.05) is 14.1 Å². The van der Waals surface area contributed by atoms with Gasteiger partial charge in [0.2, 0.25) is 8.40 Å². The van der Waals surface area contributed by atoms with Crippen LogP contribution in [0.15, 0.2) is 12.3 Å². The lowest BCUT2D eigenvalue weighted by Gasteiger charge is -2.46. The molecule has 1 atom stereocenters. The standard InChI is InChI=1S/C9H26N2Si3/c1-9-14(8,10(2)3)11(12(4)5)13(6)7/h9,12-13H,1H2,2-8H3. The second kappa shape index (κ2) is 5.41. The van der Waals surface area contributed by atoms with Crippen LogP contribution in [-0.2, 0) is 0 Å². The van der Waals surface area contributed by atoms with Gasteiger partial charge in [0.25, 0.3) is 0 Å². The van der Waals surface area contributed by atoms with Gasteiger partial charge in [0.1, 0.15) is 0 Å². The van der Waals surface area contributed by atoms with Gasteiger partial charge in [-0.25, -0.2) is 0 Å². The third-order valence-electron chi connectivity index (χ3n) is 2.93. The van der Waals surface area contributed by atoms with Gasteiger partial charge in [0.05, 0.1) is 17.9 Å². The van der Waals surface area contributed by atoms with Crippen molar-refractivity contribution in [3.8, 4) is 0 Å². The van der Waals surface area contributed by atoms with Crippen LogP contribution < -0.4 is 0 Å². The molecule has 0 amide bonds. The van der Waals surface area contributed by atoms with Gasteiger partial charge >= 0.3 is 0 Å². The molecule has 0 aromatic heterocycles. The number of hydrogen-bond acceptors (Lipinski definition) is 2. The molecule has 0 aliphatic carbocycles. The Morgan fingerprint density at radius 1 is 1.07 bits per heavy atom. The van der Waals surface area contributed by atoms with Crippen molar-refractivity contribution in [2.45, 2.75) is 32.7 Å². The van der Waals surface area contributed by atoms with E-state index >= 15 is 0 Å². The van der Waals surface area contributed by atoms with E-state index in [1.165, 1.54) is 0 Å². The SMILES string of the molecule is C=C[Si](C)(N(C)C)N([SiH](C)C)[SiH](C)C. The molecule has 0 saturated carbocycles. The van der Waals surface area contributed by atoms with Crippen molar-refractivity contribution in [2.24, 2.45) is 0 Å². The van der Waals surface area contributed by atoms with Crippen molar-refractivity contribution in [1.29, 1.82) is 0 Å². The third kappa shape index (κ3) is 2.90. The van der Waals surface area contributed by atoms with Crippen molar-refractivity contribution >= 4 is 26.3 Å². The first-order valence-electron chi connectivity index (χ1n) is 5.36. The first kappa shape index (κ1) is 14.3. The van der Waals surface area contributed by atoms with Gasteiger partial charge in [-0.1, -0.05) is 31.9 Å². The smallest absolute Gasteiger partial charge is 0.214 e. The fourth-order valence-corrected chi connectivity index (χ4v) is 18.4. The third-order valence-corrected chi connectivity index (χ3v) is 18.6. The molecule has 0 spiro atoms. The lowest BCUT2D eigenvalue weighted by molar-refractivity contribution is 0.588. The molecule has 0 bridgehead atoms. The van der Waals surface area contributed by atoms with E-state index in [1.54, 1.807) is 0 Å². The highest BCUT2D eigenvalue weighted by atomic mass is 28.4. The van der Waals surface area contributed by atoms with E-state index < -0.39 is 26.3 Å². The summed E-state index contributed by atoms with van der Waals surface area (Å²) in [6.45, 7) is 16.2. The molecule has 0 fully saturated rings. The molecule has 2 nitrogen and oxygen atoms in total. The predicted octanol–water partition coefficient (Wildman–Crippen LogP) is 1.61. The summed E-state index contributed by atoms with van der Waals surface area (Å²) in [5, 5.41) is 0. The minimum Gasteiger partial charge on any atom is -0.358 e. The summed E-state index contributed by atoms with van der Waals surface area (Å²) in [5.74, 6) is 0. The van der Waals surface area contributed by atoms with E-state index in [2.05, 4.69) is 67.6 Å². The van der Waals surface area contributed by atoms with E-state index in [0.717, 1.165) is 0 Å². The normalized spacial score (nSPS) is 16.8. The average Bonchev–Trinajstić information content (AvgIpc) is 2.02. The van der Waals surface area contributed by atoms with Crippen LogP contribution in [0.3, 0.4) is 0 Å². The van der Waals surface area contributed by atoms with Crippen LogP contribution in [-0.4, -0.2) is 48.9 Å². The molecule has 0 aromatic carbocycles. The van der Waals surface area contributed by atoms with Crippen molar-refractivity contribution in [3.63, 3.8) is 0 Å². The van der Waals surface area contributed by atoms with E-state index in [1.807, 2.05) is 0 Å². The Hall–Kier alpha value is 0.311. The Labute approximate surface area is 94.1 Å². The summed E-state index contributed by atoms with van der Waals surface area (Å²) in [6, 6.07) is 0. The van der Waals surface area contributed by atoms with E-state index in [4.69, 9.17) is 0 Å². The van der Waals surface area contributed by atoms with Gasteiger partial charge < -0.3 is 8.46 Å². The lowest BCUT2D eigenvalue weighted by Crippen LogP contribution is -2.67. The van der Waals surface area contributed by atoms with Crippen LogP contribution in [0.2, 0.25) is 32.7 Å². The lowest BCUT2D eigenvalue weighted by atomic mass is 11.2. The van der Waals surface area contributed by atoms with Crippen LogP contribution >= 0.6 is 0 Å². The molecule has 0 aliphatic heterocycles. The van der Waals surface area contributed by atoms with Gasteiger partial charge in [-0.2, -0.15) is 0 Å². The molecule has 0 aliphatic rings. The summed E-state index contributed by atoms with van der Waals surface area (Å²) in [6.07, 6.45) is 0. The van der Waals surface area contributed by atoms with Crippen LogP contribution in [0, 0.1) is 0 Å². The number of hydrogen-bond donors (Lipinski definition) is 0. The monoisotopic (exact) mass is 246 g/mol. The fraction of sp³-hybridized carbons (Fsp3) is 0.778. The van der Waals surface area contributed by atoms with E-state index in [0.29, 0.717) is 0 Å². The molecule has 1 unspecified atom stereocenters. The molecule has 0 aromatic rings. The second-order valence-electron chi connectivity index (χ2n) is 4.79. The molecule has 0 rings (SSSR count). The Bertz CT molecular complexity index is 186. The maximum atomic E-state index is 4.06. The quantitative estimate of drug-likeness (QED) is 0.680. The highest BCUT2D eigenvalue weighted by molar-refractivity contribution is 6.95. The van der Waals surface area contributed by atoms with Gasteiger partial charge in [-0.15, -0.1) is 6.58 Å². The Morgan fingerprint density at radius 2 is 1.43 bits per heavy atom. The van der Waals surface area contributed by atoms with Crippen molar-refractivity contribution < 1.29 is 0 Å². The van der Waals surface area contributed by atoms with Crippen LogP contribution in [0.4, 0.5) is 0 Å². The molecule has 0 saturated heterocycles. The Kier molecular flexibility index (Phi) is 5.53. The maximum absolute atomic E-state index is 4.06.